The molecule has 0 aromatic heterocycles. The number of anilines is 1. The van der Waals surface area contributed by atoms with Crippen molar-refractivity contribution in [1.29, 1.82) is 0 Å². The van der Waals surface area contributed by atoms with E-state index in [9.17, 15) is 0 Å². The first-order valence-corrected chi connectivity index (χ1v) is 7.85. The maximum Gasteiger partial charge on any atom is 0.105 e. The van der Waals surface area contributed by atoms with E-state index < -0.39 is 0 Å². The summed E-state index contributed by atoms with van der Waals surface area (Å²) < 4.78 is 0.972. The van der Waals surface area contributed by atoms with E-state index in [1.165, 1.54) is 23.6 Å². The fourth-order valence-corrected chi connectivity index (χ4v) is 4.12. The third kappa shape index (κ3) is 2.95. The van der Waals surface area contributed by atoms with Crippen LogP contribution in [0.3, 0.4) is 0 Å². The number of benzene rings is 1. The Bertz CT molecular complexity index is 431. The van der Waals surface area contributed by atoms with Crippen molar-refractivity contribution in [2.45, 2.75) is 12.5 Å². The van der Waals surface area contributed by atoms with Crippen molar-refractivity contribution in [2.24, 2.45) is 5.73 Å². The van der Waals surface area contributed by atoms with Gasteiger partial charge in [-0.05, 0) is 46.3 Å². The van der Waals surface area contributed by atoms with E-state index in [2.05, 4.69) is 40.0 Å². The molecule has 1 fully saturated rings. The highest BCUT2D eigenvalue weighted by atomic mass is 79.9. The lowest BCUT2D eigenvalue weighted by atomic mass is 10.1. The summed E-state index contributed by atoms with van der Waals surface area (Å²) in [7, 11) is 2.15. The largest absolute Gasteiger partial charge is 0.389 e. The van der Waals surface area contributed by atoms with Crippen molar-refractivity contribution in [3.05, 3.63) is 28.2 Å². The summed E-state index contributed by atoms with van der Waals surface area (Å²) in [6.07, 6.45) is 1.26. The zero-order chi connectivity index (χ0) is 12.4. The fourth-order valence-electron chi connectivity index (χ4n) is 1.96. The Hall–Kier alpha value is -0.260. The van der Waals surface area contributed by atoms with Gasteiger partial charge in [-0.25, -0.2) is 0 Å². The van der Waals surface area contributed by atoms with Crippen molar-refractivity contribution in [1.82, 2.24) is 0 Å². The first kappa shape index (κ1) is 13.2. The van der Waals surface area contributed by atoms with Gasteiger partial charge in [-0.2, -0.15) is 11.8 Å². The van der Waals surface area contributed by atoms with Crippen LogP contribution in [0.4, 0.5) is 5.69 Å². The molecular formula is C12H15BrN2S2. The van der Waals surface area contributed by atoms with Gasteiger partial charge >= 0.3 is 0 Å². The SMILES string of the molecule is CN(c1ccc(C(N)=S)c(Br)c1)C1CCSC1. The summed E-state index contributed by atoms with van der Waals surface area (Å²) in [5.74, 6) is 2.48. The van der Waals surface area contributed by atoms with E-state index in [4.69, 9.17) is 18.0 Å². The van der Waals surface area contributed by atoms with Crippen LogP contribution in [0.15, 0.2) is 22.7 Å². The van der Waals surface area contributed by atoms with Crippen LogP contribution in [-0.4, -0.2) is 29.6 Å². The Labute approximate surface area is 120 Å². The number of thiocarbonyl (C=S) groups is 1. The molecule has 1 unspecified atom stereocenters. The smallest absolute Gasteiger partial charge is 0.105 e. The molecule has 0 spiro atoms. The number of halogens is 1. The molecule has 2 nitrogen and oxygen atoms in total. The van der Waals surface area contributed by atoms with Crippen molar-refractivity contribution in [3.8, 4) is 0 Å². The molecule has 2 N–H and O–H groups in total. The minimum absolute atomic E-state index is 0.433. The number of hydrogen-bond donors (Lipinski definition) is 1. The van der Waals surface area contributed by atoms with Gasteiger partial charge in [-0.3, -0.25) is 0 Å². The van der Waals surface area contributed by atoms with Crippen LogP contribution in [0.1, 0.15) is 12.0 Å². The van der Waals surface area contributed by atoms with Gasteiger partial charge in [0.25, 0.3) is 0 Å². The highest BCUT2D eigenvalue weighted by Crippen LogP contribution is 2.29. The summed E-state index contributed by atoms with van der Waals surface area (Å²) in [5, 5.41) is 0. The van der Waals surface area contributed by atoms with Crippen LogP contribution < -0.4 is 10.6 Å². The van der Waals surface area contributed by atoms with Crippen LogP contribution in [-0.2, 0) is 0 Å². The van der Waals surface area contributed by atoms with Gasteiger partial charge in [0.15, 0.2) is 0 Å². The summed E-state index contributed by atoms with van der Waals surface area (Å²) in [6.45, 7) is 0. The Morgan fingerprint density at radius 1 is 1.59 bits per heavy atom. The van der Waals surface area contributed by atoms with E-state index in [-0.39, 0.29) is 0 Å². The van der Waals surface area contributed by atoms with Gasteiger partial charge in [0.1, 0.15) is 4.99 Å². The molecule has 0 radical (unpaired) electrons. The second-order valence-corrected chi connectivity index (χ2v) is 6.60. The highest BCUT2D eigenvalue weighted by Gasteiger charge is 2.20. The van der Waals surface area contributed by atoms with E-state index in [0.717, 1.165) is 10.0 Å². The van der Waals surface area contributed by atoms with Crippen LogP contribution in [0.25, 0.3) is 0 Å². The number of nitrogens with zero attached hydrogens (tertiary/aromatic N) is 1. The average Bonchev–Trinajstić information content (AvgIpc) is 2.80. The molecule has 92 valence electrons. The van der Waals surface area contributed by atoms with Gasteiger partial charge in [0.05, 0.1) is 0 Å². The summed E-state index contributed by atoms with van der Waals surface area (Å²) in [4.78, 5) is 2.77. The molecule has 0 aliphatic carbocycles. The zero-order valence-electron chi connectivity index (χ0n) is 9.65. The van der Waals surface area contributed by atoms with Gasteiger partial charge in [-0.1, -0.05) is 12.2 Å². The normalized spacial score (nSPS) is 19.3. The fraction of sp³-hybridized carbons (Fsp3) is 0.417. The summed E-state index contributed by atoms with van der Waals surface area (Å²) in [5.41, 5.74) is 7.76. The van der Waals surface area contributed by atoms with Crippen molar-refractivity contribution < 1.29 is 0 Å². The minimum atomic E-state index is 0.433. The van der Waals surface area contributed by atoms with E-state index in [1.807, 2.05) is 17.8 Å². The molecule has 5 heteroatoms. The summed E-state index contributed by atoms with van der Waals surface area (Å²) >= 11 is 10.5. The second kappa shape index (κ2) is 5.59. The van der Waals surface area contributed by atoms with Crippen molar-refractivity contribution >= 4 is 50.6 Å². The Morgan fingerprint density at radius 2 is 2.35 bits per heavy atom. The average molecular weight is 331 g/mol. The second-order valence-electron chi connectivity index (χ2n) is 4.16. The predicted molar refractivity (Wildman–Crippen MR) is 84.2 cm³/mol. The Balaban J connectivity index is 2.21. The maximum absolute atomic E-state index is 5.65. The van der Waals surface area contributed by atoms with Gasteiger partial charge < -0.3 is 10.6 Å². The summed E-state index contributed by atoms with van der Waals surface area (Å²) in [6, 6.07) is 6.81. The third-order valence-electron chi connectivity index (χ3n) is 3.08. The van der Waals surface area contributed by atoms with E-state index >= 15 is 0 Å². The molecule has 1 aromatic carbocycles. The standard InChI is InChI=1S/C12H15BrN2S2/c1-15(9-4-5-17-7-9)8-2-3-10(12(14)16)11(13)6-8/h2-3,6,9H,4-5,7H2,1H3,(H2,14,16). The number of nitrogens with two attached hydrogens (primary N) is 1. The van der Waals surface area contributed by atoms with Crippen LogP contribution >= 0.6 is 39.9 Å². The highest BCUT2D eigenvalue weighted by molar-refractivity contribution is 9.10. The van der Waals surface area contributed by atoms with Crippen molar-refractivity contribution in [3.63, 3.8) is 0 Å². The molecule has 0 amide bonds. The van der Waals surface area contributed by atoms with Crippen LogP contribution in [0.2, 0.25) is 0 Å². The monoisotopic (exact) mass is 330 g/mol. The zero-order valence-corrected chi connectivity index (χ0v) is 12.9. The number of thioether (sulfide) groups is 1. The molecule has 1 heterocycles. The molecule has 1 aromatic rings. The topological polar surface area (TPSA) is 29.3 Å². The number of rotatable bonds is 3. The van der Waals surface area contributed by atoms with E-state index in [1.54, 1.807) is 0 Å². The van der Waals surface area contributed by atoms with Gasteiger partial charge in [0, 0.05) is 34.6 Å². The molecule has 17 heavy (non-hydrogen) atoms. The molecule has 0 saturated carbocycles. The molecule has 1 aliphatic rings. The molecular weight excluding hydrogens is 316 g/mol. The van der Waals surface area contributed by atoms with Gasteiger partial charge in [0.2, 0.25) is 0 Å². The molecule has 1 aliphatic heterocycles. The minimum Gasteiger partial charge on any atom is -0.389 e. The maximum atomic E-state index is 5.65. The first-order valence-electron chi connectivity index (χ1n) is 5.49. The lowest BCUT2D eigenvalue weighted by Crippen LogP contribution is -2.31. The van der Waals surface area contributed by atoms with Gasteiger partial charge in [-0.15, -0.1) is 0 Å². The van der Waals surface area contributed by atoms with Crippen LogP contribution in [0.5, 0.6) is 0 Å². The third-order valence-corrected chi connectivity index (χ3v) is 5.10. The van der Waals surface area contributed by atoms with Crippen LogP contribution in [0, 0.1) is 0 Å². The lowest BCUT2D eigenvalue weighted by Gasteiger charge is -2.26. The molecule has 0 bridgehead atoms. The molecule has 1 atom stereocenters. The van der Waals surface area contributed by atoms with Crippen molar-refractivity contribution in [2.75, 3.05) is 23.5 Å². The first-order chi connectivity index (χ1) is 8.09. The Kier molecular flexibility index (Phi) is 4.33. The molecule has 2 rings (SSSR count). The predicted octanol–water partition coefficient (Wildman–Crippen LogP) is 3.03. The Morgan fingerprint density at radius 3 is 2.88 bits per heavy atom. The quantitative estimate of drug-likeness (QED) is 0.862. The lowest BCUT2D eigenvalue weighted by molar-refractivity contribution is 0.700. The number of hydrogen-bond acceptors (Lipinski definition) is 3. The molecule has 1 saturated heterocycles. The van der Waals surface area contributed by atoms with E-state index in [0.29, 0.717) is 11.0 Å².